The molecule has 98 valence electrons. The van der Waals surface area contributed by atoms with Crippen molar-refractivity contribution >= 4 is 5.97 Å². The van der Waals surface area contributed by atoms with E-state index in [0.29, 0.717) is 12.8 Å². The molecule has 1 aromatic carbocycles. The van der Waals surface area contributed by atoms with Crippen LogP contribution in [0.25, 0.3) is 0 Å². The first-order valence-corrected chi connectivity index (χ1v) is 5.87. The van der Waals surface area contributed by atoms with Gasteiger partial charge in [-0.15, -0.1) is 0 Å². The Morgan fingerprint density at radius 1 is 1.33 bits per heavy atom. The van der Waals surface area contributed by atoms with E-state index in [1.54, 1.807) is 0 Å². The highest BCUT2D eigenvalue weighted by molar-refractivity contribution is 5.69. The van der Waals surface area contributed by atoms with E-state index in [-0.39, 0.29) is 17.8 Å². The molecule has 0 amide bonds. The van der Waals surface area contributed by atoms with Crippen LogP contribution < -0.4 is 0 Å². The Morgan fingerprint density at radius 2 is 2.00 bits per heavy atom. The summed E-state index contributed by atoms with van der Waals surface area (Å²) in [6.45, 7) is 0. The van der Waals surface area contributed by atoms with Gasteiger partial charge in [-0.05, 0) is 12.0 Å². The number of nitro groups is 1. The molecule has 1 aromatic rings. The van der Waals surface area contributed by atoms with Crippen molar-refractivity contribution in [1.29, 1.82) is 0 Å². The summed E-state index contributed by atoms with van der Waals surface area (Å²) in [5.74, 6) is -0.401. The third-order valence-electron chi connectivity index (χ3n) is 2.82. The molecule has 5 nitrogen and oxygen atoms in total. The predicted octanol–water partition coefficient (Wildman–Crippen LogP) is 2.22. The monoisotopic (exact) mass is 251 g/mol. The van der Waals surface area contributed by atoms with Gasteiger partial charge in [0, 0.05) is 17.8 Å². The van der Waals surface area contributed by atoms with E-state index >= 15 is 0 Å². The molecule has 0 N–H and O–H groups in total. The van der Waals surface area contributed by atoms with Gasteiger partial charge in [0.15, 0.2) is 0 Å². The van der Waals surface area contributed by atoms with Crippen molar-refractivity contribution in [1.82, 2.24) is 0 Å². The number of rotatable bonds is 7. The number of esters is 1. The van der Waals surface area contributed by atoms with Crippen molar-refractivity contribution in [3.05, 3.63) is 46.0 Å². The van der Waals surface area contributed by atoms with E-state index in [4.69, 9.17) is 0 Å². The van der Waals surface area contributed by atoms with Crippen molar-refractivity contribution in [3.8, 4) is 0 Å². The van der Waals surface area contributed by atoms with E-state index in [0.717, 1.165) is 5.56 Å². The van der Waals surface area contributed by atoms with Gasteiger partial charge >= 0.3 is 5.97 Å². The maximum absolute atomic E-state index is 11.0. The van der Waals surface area contributed by atoms with Crippen LogP contribution in [0.15, 0.2) is 30.3 Å². The normalized spacial score (nSPS) is 11.8. The molecule has 0 aromatic heterocycles. The summed E-state index contributed by atoms with van der Waals surface area (Å²) in [4.78, 5) is 21.5. The van der Waals surface area contributed by atoms with Gasteiger partial charge in [0.1, 0.15) is 0 Å². The minimum atomic E-state index is -0.690. The van der Waals surface area contributed by atoms with Crippen LogP contribution in [0.3, 0.4) is 0 Å². The van der Waals surface area contributed by atoms with Crippen molar-refractivity contribution < 1.29 is 14.5 Å². The van der Waals surface area contributed by atoms with Crippen LogP contribution in [0.4, 0.5) is 0 Å². The highest BCUT2D eigenvalue weighted by Gasteiger charge is 2.21. The van der Waals surface area contributed by atoms with Gasteiger partial charge in [0.05, 0.1) is 13.5 Å². The van der Waals surface area contributed by atoms with Crippen molar-refractivity contribution in [3.63, 3.8) is 0 Å². The number of ether oxygens (including phenoxy) is 1. The molecule has 0 spiro atoms. The quantitative estimate of drug-likeness (QED) is 0.423. The van der Waals surface area contributed by atoms with Crippen LogP contribution in [0, 0.1) is 10.1 Å². The van der Waals surface area contributed by atoms with Crippen LogP contribution in [0.1, 0.15) is 24.8 Å². The number of benzene rings is 1. The van der Waals surface area contributed by atoms with E-state index in [1.807, 2.05) is 30.3 Å². The Bertz CT molecular complexity index is 391. The number of hydrogen-bond donors (Lipinski definition) is 0. The van der Waals surface area contributed by atoms with Gasteiger partial charge in [-0.1, -0.05) is 30.3 Å². The maximum atomic E-state index is 11.0. The summed E-state index contributed by atoms with van der Waals surface area (Å²) in [6, 6.07) is 8.92. The minimum Gasteiger partial charge on any atom is -0.469 e. The van der Waals surface area contributed by atoms with Gasteiger partial charge in [-0.3, -0.25) is 14.9 Å². The third-order valence-corrected chi connectivity index (χ3v) is 2.82. The number of carbonyl (C=O) groups excluding carboxylic acids is 1. The molecule has 0 aliphatic carbocycles. The summed E-state index contributed by atoms with van der Waals surface area (Å²) in [5, 5.41) is 10.9. The van der Waals surface area contributed by atoms with Crippen molar-refractivity contribution in [2.45, 2.75) is 31.7 Å². The van der Waals surface area contributed by atoms with Gasteiger partial charge in [0.2, 0.25) is 6.04 Å². The molecular formula is C13H17NO4. The maximum Gasteiger partial charge on any atom is 0.305 e. The molecule has 0 saturated carbocycles. The van der Waals surface area contributed by atoms with Gasteiger partial charge in [0.25, 0.3) is 0 Å². The number of aryl methyl sites for hydroxylation is 1. The Balaban J connectivity index is 2.43. The fraction of sp³-hybridized carbons (Fsp3) is 0.462. The Morgan fingerprint density at radius 3 is 2.56 bits per heavy atom. The summed E-state index contributed by atoms with van der Waals surface area (Å²) in [6.07, 6.45) is 1.41. The van der Waals surface area contributed by atoms with Crippen molar-refractivity contribution in [2.75, 3.05) is 7.11 Å². The minimum absolute atomic E-state index is 0.0942. The number of hydrogen-bond acceptors (Lipinski definition) is 4. The molecule has 0 saturated heterocycles. The van der Waals surface area contributed by atoms with Crippen LogP contribution >= 0.6 is 0 Å². The van der Waals surface area contributed by atoms with Crippen LogP contribution in [0.2, 0.25) is 0 Å². The SMILES string of the molecule is COC(=O)CCC(CCc1ccccc1)[N+](=O)[O-]. The molecule has 1 unspecified atom stereocenters. The lowest BCUT2D eigenvalue weighted by Gasteiger charge is -2.08. The highest BCUT2D eigenvalue weighted by Crippen LogP contribution is 2.11. The first-order valence-electron chi connectivity index (χ1n) is 5.87. The average molecular weight is 251 g/mol. The van der Waals surface area contributed by atoms with Crippen molar-refractivity contribution in [2.24, 2.45) is 0 Å². The molecule has 0 bridgehead atoms. The molecule has 1 atom stereocenters. The first-order chi connectivity index (χ1) is 8.63. The number of methoxy groups -OCH3 is 1. The Hall–Kier alpha value is -1.91. The zero-order valence-corrected chi connectivity index (χ0v) is 10.4. The lowest BCUT2D eigenvalue weighted by molar-refractivity contribution is -0.524. The Kier molecular flexibility index (Phi) is 5.84. The average Bonchev–Trinajstić information content (AvgIpc) is 2.39. The van der Waals surface area contributed by atoms with Crippen LogP contribution in [-0.2, 0) is 16.0 Å². The second-order valence-electron chi connectivity index (χ2n) is 4.08. The Labute approximate surface area is 106 Å². The standard InChI is InChI=1S/C13H17NO4/c1-18-13(15)10-9-12(14(16)17)8-7-11-5-3-2-4-6-11/h2-6,12H,7-10H2,1H3. The van der Waals surface area contributed by atoms with Gasteiger partial charge in [-0.2, -0.15) is 0 Å². The second kappa shape index (κ2) is 7.42. The molecule has 0 radical (unpaired) electrons. The van der Waals surface area contributed by atoms with E-state index in [9.17, 15) is 14.9 Å². The second-order valence-corrected chi connectivity index (χ2v) is 4.08. The number of nitrogens with zero attached hydrogens (tertiary/aromatic N) is 1. The topological polar surface area (TPSA) is 69.4 Å². The molecule has 18 heavy (non-hydrogen) atoms. The predicted molar refractivity (Wildman–Crippen MR) is 66.8 cm³/mol. The molecule has 0 aliphatic rings. The zero-order valence-electron chi connectivity index (χ0n) is 10.4. The summed E-state index contributed by atoms with van der Waals surface area (Å²) in [7, 11) is 1.29. The summed E-state index contributed by atoms with van der Waals surface area (Å²) < 4.78 is 4.48. The molecule has 0 fully saturated rings. The molecular weight excluding hydrogens is 234 g/mol. The van der Waals surface area contributed by atoms with E-state index < -0.39 is 12.0 Å². The molecule has 0 aliphatic heterocycles. The van der Waals surface area contributed by atoms with Crippen LogP contribution in [0.5, 0.6) is 0 Å². The summed E-state index contributed by atoms with van der Waals surface area (Å²) in [5.41, 5.74) is 1.07. The molecule has 5 heteroatoms. The van der Waals surface area contributed by atoms with E-state index in [2.05, 4.69) is 4.74 Å². The highest BCUT2D eigenvalue weighted by atomic mass is 16.6. The molecule has 1 rings (SSSR count). The summed E-state index contributed by atoms with van der Waals surface area (Å²) >= 11 is 0. The lowest BCUT2D eigenvalue weighted by atomic mass is 10.0. The smallest absolute Gasteiger partial charge is 0.305 e. The van der Waals surface area contributed by atoms with Gasteiger partial charge < -0.3 is 4.74 Å². The van der Waals surface area contributed by atoms with Crippen LogP contribution in [-0.4, -0.2) is 24.0 Å². The first kappa shape index (κ1) is 14.2. The largest absolute Gasteiger partial charge is 0.469 e. The fourth-order valence-corrected chi connectivity index (χ4v) is 1.72. The molecule has 0 heterocycles. The zero-order chi connectivity index (χ0) is 13.4. The number of carbonyl (C=O) groups is 1. The fourth-order valence-electron chi connectivity index (χ4n) is 1.72. The third kappa shape index (κ3) is 4.95. The lowest BCUT2D eigenvalue weighted by Crippen LogP contribution is -2.21. The van der Waals surface area contributed by atoms with Gasteiger partial charge in [-0.25, -0.2) is 0 Å². The van der Waals surface area contributed by atoms with E-state index in [1.165, 1.54) is 7.11 Å².